The fourth-order valence-electron chi connectivity index (χ4n) is 2.47. The number of hydrogen-bond donors (Lipinski definition) is 1. The molecule has 3 rings (SSSR count). The maximum absolute atomic E-state index is 4.78. The molecule has 0 amide bonds. The minimum absolute atomic E-state index is 0.105. The van der Waals surface area contributed by atoms with Crippen LogP contribution in [0.25, 0.3) is 0 Å². The Morgan fingerprint density at radius 3 is 2.90 bits per heavy atom. The third-order valence-electron chi connectivity index (χ3n) is 3.66. The Labute approximate surface area is 126 Å². The van der Waals surface area contributed by atoms with Gasteiger partial charge in [0.2, 0.25) is 0 Å². The highest BCUT2D eigenvalue weighted by atomic mass is 15.3. The van der Waals surface area contributed by atoms with Crippen molar-refractivity contribution >= 4 is 5.82 Å². The highest BCUT2D eigenvalue weighted by molar-refractivity contribution is 5.40. The first-order valence-electron chi connectivity index (χ1n) is 7.47. The number of fused-ring (bicyclic) bond motifs is 1. The van der Waals surface area contributed by atoms with Crippen molar-refractivity contribution in [2.45, 2.75) is 45.9 Å². The summed E-state index contributed by atoms with van der Waals surface area (Å²) >= 11 is 0. The number of pyridine rings is 1. The normalized spacial score (nSPS) is 15.1. The van der Waals surface area contributed by atoms with E-state index in [1.807, 2.05) is 12.4 Å². The predicted octanol–water partition coefficient (Wildman–Crippen LogP) is 2.19. The van der Waals surface area contributed by atoms with Crippen LogP contribution in [0.1, 0.15) is 32.3 Å². The Morgan fingerprint density at radius 1 is 1.24 bits per heavy atom. The number of anilines is 1. The lowest BCUT2D eigenvalue weighted by atomic mass is 10.1. The summed E-state index contributed by atoms with van der Waals surface area (Å²) in [5.41, 5.74) is 1.18. The number of rotatable bonds is 3. The summed E-state index contributed by atoms with van der Waals surface area (Å²) in [5.74, 6) is 2.15. The van der Waals surface area contributed by atoms with E-state index in [0.29, 0.717) is 0 Å². The lowest BCUT2D eigenvalue weighted by Gasteiger charge is -2.29. The van der Waals surface area contributed by atoms with Gasteiger partial charge in [-0.05, 0) is 32.9 Å². The Morgan fingerprint density at radius 2 is 2.10 bits per heavy atom. The van der Waals surface area contributed by atoms with Gasteiger partial charge >= 0.3 is 0 Å². The van der Waals surface area contributed by atoms with Gasteiger partial charge in [-0.25, -0.2) is 9.97 Å². The van der Waals surface area contributed by atoms with Crippen molar-refractivity contribution in [3.05, 3.63) is 42.1 Å². The van der Waals surface area contributed by atoms with Crippen molar-refractivity contribution in [1.82, 2.24) is 19.9 Å². The highest BCUT2D eigenvalue weighted by Crippen LogP contribution is 2.18. The molecule has 1 aliphatic rings. The molecule has 0 atom stereocenters. The van der Waals surface area contributed by atoms with Gasteiger partial charge in [0.05, 0.1) is 12.2 Å². The van der Waals surface area contributed by atoms with Crippen LogP contribution in [0.5, 0.6) is 0 Å². The fraction of sp³-hybridized carbons (Fsp3) is 0.500. The molecule has 0 fully saturated rings. The van der Waals surface area contributed by atoms with Crippen molar-refractivity contribution in [3.8, 4) is 0 Å². The second kappa shape index (κ2) is 5.48. The van der Waals surface area contributed by atoms with Crippen LogP contribution >= 0.6 is 0 Å². The Kier molecular flexibility index (Phi) is 3.68. The number of nitrogens with zero attached hydrogens (tertiary/aromatic N) is 4. The minimum Gasteiger partial charge on any atom is -0.347 e. The van der Waals surface area contributed by atoms with Gasteiger partial charge in [-0.3, -0.25) is 0 Å². The molecule has 112 valence electrons. The van der Waals surface area contributed by atoms with Gasteiger partial charge in [-0.2, -0.15) is 0 Å². The predicted molar refractivity (Wildman–Crippen MR) is 84.1 cm³/mol. The van der Waals surface area contributed by atoms with Crippen LogP contribution < -0.4 is 10.2 Å². The average Bonchev–Trinajstić information content (AvgIpc) is 2.92. The zero-order valence-corrected chi connectivity index (χ0v) is 13.0. The smallest absolute Gasteiger partial charge is 0.129 e. The molecule has 0 unspecified atom stereocenters. The second-order valence-corrected chi connectivity index (χ2v) is 6.55. The Bertz CT molecular complexity index is 611. The van der Waals surface area contributed by atoms with Gasteiger partial charge in [-0.1, -0.05) is 6.07 Å². The van der Waals surface area contributed by atoms with Gasteiger partial charge in [0.25, 0.3) is 0 Å². The van der Waals surface area contributed by atoms with Gasteiger partial charge < -0.3 is 14.8 Å². The molecule has 21 heavy (non-hydrogen) atoms. The van der Waals surface area contributed by atoms with E-state index in [9.17, 15) is 0 Å². The minimum atomic E-state index is 0.105. The quantitative estimate of drug-likeness (QED) is 0.939. The molecule has 3 heterocycles. The zero-order valence-electron chi connectivity index (χ0n) is 13.0. The fourth-order valence-corrected chi connectivity index (χ4v) is 2.47. The second-order valence-electron chi connectivity index (χ2n) is 6.55. The van der Waals surface area contributed by atoms with Crippen molar-refractivity contribution in [2.75, 3.05) is 11.4 Å². The van der Waals surface area contributed by atoms with Gasteiger partial charge in [-0.15, -0.1) is 0 Å². The van der Waals surface area contributed by atoms with Crippen molar-refractivity contribution in [3.63, 3.8) is 0 Å². The summed E-state index contributed by atoms with van der Waals surface area (Å²) in [7, 11) is 0. The topological polar surface area (TPSA) is 46.0 Å². The van der Waals surface area contributed by atoms with Crippen LogP contribution in [0, 0.1) is 0 Å². The highest BCUT2D eigenvalue weighted by Gasteiger charge is 2.18. The number of nitrogens with one attached hydrogen (secondary N) is 1. The van der Waals surface area contributed by atoms with E-state index in [2.05, 4.69) is 58.7 Å². The largest absolute Gasteiger partial charge is 0.347 e. The van der Waals surface area contributed by atoms with Crippen molar-refractivity contribution < 1.29 is 0 Å². The lowest BCUT2D eigenvalue weighted by molar-refractivity contribution is 0.421. The Balaban J connectivity index is 1.72. The van der Waals surface area contributed by atoms with Crippen LogP contribution in [0.2, 0.25) is 0 Å². The molecule has 0 aliphatic carbocycles. The summed E-state index contributed by atoms with van der Waals surface area (Å²) in [6.45, 7) is 10.1. The van der Waals surface area contributed by atoms with Gasteiger partial charge in [0, 0.05) is 37.6 Å². The Hall–Kier alpha value is -1.88. The van der Waals surface area contributed by atoms with Gasteiger partial charge in [0.15, 0.2) is 0 Å². The van der Waals surface area contributed by atoms with Crippen LogP contribution in [0.4, 0.5) is 5.82 Å². The van der Waals surface area contributed by atoms with Gasteiger partial charge in [0.1, 0.15) is 11.6 Å². The third kappa shape index (κ3) is 3.42. The van der Waals surface area contributed by atoms with E-state index in [4.69, 9.17) is 4.98 Å². The van der Waals surface area contributed by atoms with Crippen LogP contribution in [0.3, 0.4) is 0 Å². The molecule has 5 nitrogen and oxygen atoms in total. The van der Waals surface area contributed by atoms with E-state index < -0.39 is 0 Å². The maximum atomic E-state index is 4.78. The van der Waals surface area contributed by atoms with E-state index in [1.165, 1.54) is 0 Å². The summed E-state index contributed by atoms with van der Waals surface area (Å²) in [6.07, 6.45) is 3.92. The molecule has 1 N–H and O–H groups in total. The van der Waals surface area contributed by atoms with E-state index >= 15 is 0 Å². The average molecular weight is 285 g/mol. The number of hydrogen-bond acceptors (Lipinski definition) is 4. The molecule has 0 spiro atoms. The molecular formula is C16H23N5. The number of aromatic nitrogens is 3. The summed E-state index contributed by atoms with van der Waals surface area (Å²) in [6, 6.07) is 6.25. The number of imidazole rings is 1. The SMILES string of the molecule is CC(C)(C)NCc1cccc(N2CCn3ccnc3C2)n1. The lowest BCUT2D eigenvalue weighted by Crippen LogP contribution is -2.36. The van der Waals surface area contributed by atoms with Crippen LogP contribution in [0.15, 0.2) is 30.6 Å². The molecule has 0 saturated carbocycles. The first-order valence-corrected chi connectivity index (χ1v) is 7.47. The molecule has 0 radical (unpaired) electrons. The molecule has 2 aromatic heterocycles. The van der Waals surface area contributed by atoms with Crippen molar-refractivity contribution in [2.24, 2.45) is 0 Å². The molecule has 0 saturated heterocycles. The third-order valence-corrected chi connectivity index (χ3v) is 3.66. The summed E-state index contributed by atoms with van der Waals surface area (Å²) in [4.78, 5) is 11.5. The summed E-state index contributed by atoms with van der Waals surface area (Å²) < 4.78 is 2.21. The molecule has 5 heteroatoms. The monoisotopic (exact) mass is 285 g/mol. The molecule has 0 bridgehead atoms. The van der Waals surface area contributed by atoms with E-state index in [1.54, 1.807) is 0 Å². The van der Waals surface area contributed by atoms with Crippen molar-refractivity contribution in [1.29, 1.82) is 0 Å². The molecule has 0 aromatic carbocycles. The standard InChI is InChI=1S/C16H23N5/c1-16(2,3)18-11-13-5-4-6-14(19-13)21-10-9-20-8-7-17-15(20)12-21/h4-8,18H,9-12H2,1-3H3. The molecule has 1 aliphatic heterocycles. The summed E-state index contributed by atoms with van der Waals surface area (Å²) in [5, 5.41) is 3.48. The van der Waals surface area contributed by atoms with Crippen LogP contribution in [-0.4, -0.2) is 26.6 Å². The zero-order chi connectivity index (χ0) is 14.9. The molecule has 2 aromatic rings. The van der Waals surface area contributed by atoms with Crippen LogP contribution in [-0.2, 0) is 19.6 Å². The first kappa shape index (κ1) is 14.1. The van der Waals surface area contributed by atoms with E-state index in [0.717, 1.165) is 43.5 Å². The maximum Gasteiger partial charge on any atom is 0.129 e. The first-order chi connectivity index (χ1) is 10.0. The van der Waals surface area contributed by atoms with E-state index in [-0.39, 0.29) is 5.54 Å². The molecular weight excluding hydrogens is 262 g/mol.